The smallest absolute Gasteiger partial charge is 0.416 e. The Labute approximate surface area is 151 Å². The largest absolute Gasteiger partial charge is 0.481 e. The van der Waals surface area contributed by atoms with E-state index in [1.807, 2.05) is 0 Å². The fourth-order valence-corrected chi connectivity index (χ4v) is 4.25. The molecule has 4 nitrogen and oxygen atoms in total. The molecule has 0 radical (unpaired) electrons. The molecule has 0 spiro atoms. The average molecular weight is 393 g/mol. The van der Waals surface area contributed by atoms with Gasteiger partial charge in [-0.3, -0.25) is 9.59 Å². The van der Waals surface area contributed by atoms with E-state index in [0.29, 0.717) is 24.5 Å². The minimum Gasteiger partial charge on any atom is -0.481 e. The first kappa shape index (κ1) is 20.0. The number of hydrogen-bond acceptors (Lipinski definition) is 4. The molecular formula is C16H18F3NO3S2. The highest BCUT2D eigenvalue weighted by Crippen LogP contribution is 2.47. The van der Waals surface area contributed by atoms with E-state index in [2.05, 4.69) is 5.32 Å². The highest BCUT2D eigenvalue weighted by atomic mass is 33.1. The number of halogens is 3. The van der Waals surface area contributed by atoms with Crippen molar-refractivity contribution in [3.8, 4) is 0 Å². The van der Waals surface area contributed by atoms with E-state index in [9.17, 15) is 22.8 Å². The molecule has 0 heterocycles. The van der Waals surface area contributed by atoms with Gasteiger partial charge in [0.15, 0.2) is 0 Å². The molecule has 0 aliphatic heterocycles. The van der Waals surface area contributed by atoms with Crippen LogP contribution >= 0.6 is 21.6 Å². The van der Waals surface area contributed by atoms with Crippen LogP contribution in [0.25, 0.3) is 0 Å². The van der Waals surface area contributed by atoms with Crippen molar-refractivity contribution in [1.82, 2.24) is 5.32 Å². The Hall–Kier alpha value is -1.35. The molecule has 1 aliphatic carbocycles. The Bertz CT molecular complexity index is 608. The number of carbonyl (C=O) groups excluding carboxylic acids is 1. The van der Waals surface area contributed by atoms with Gasteiger partial charge in [0, 0.05) is 24.0 Å². The Kier molecular flexibility index (Phi) is 7.06. The van der Waals surface area contributed by atoms with Crippen LogP contribution in [0.4, 0.5) is 13.2 Å². The Morgan fingerprint density at radius 3 is 2.40 bits per heavy atom. The van der Waals surface area contributed by atoms with E-state index in [0.717, 1.165) is 17.7 Å². The number of benzene rings is 1. The first-order valence-corrected chi connectivity index (χ1v) is 10.2. The molecule has 25 heavy (non-hydrogen) atoms. The second-order valence-corrected chi connectivity index (χ2v) is 8.35. The maximum Gasteiger partial charge on any atom is 0.416 e. The van der Waals surface area contributed by atoms with Crippen molar-refractivity contribution >= 4 is 33.5 Å². The molecule has 1 aromatic carbocycles. The number of carboxylic acid groups (broad SMARTS) is 1. The van der Waals surface area contributed by atoms with Crippen LogP contribution in [0.2, 0.25) is 0 Å². The maximum absolute atomic E-state index is 12.5. The van der Waals surface area contributed by atoms with Gasteiger partial charge >= 0.3 is 12.1 Å². The summed E-state index contributed by atoms with van der Waals surface area (Å²) in [5, 5.41) is 11.3. The van der Waals surface area contributed by atoms with E-state index >= 15 is 0 Å². The SMILES string of the molecule is O=C(O)CCSSCCNC(=O)[C@@H]1C[C@H]1c1ccc(C(F)(F)F)cc1. The normalized spacial score (nSPS) is 19.5. The number of nitrogens with one attached hydrogen (secondary N) is 1. The van der Waals surface area contributed by atoms with Gasteiger partial charge in [-0.15, -0.1) is 0 Å². The third-order valence-corrected chi connectivity index (χ3v) is 6.17. The zero-order chi connectivity index (χ0) is 18.4. The van der Waals surface area contributed by atoms with Gasteiger partial charge in [0.1, 0.15) is 0 Å². The number of rotatable bonds is 9. The minimum atomic E-state index is -4.35. The number of hydrogen-bond donors (Lipinski definition) is 2. The standard InChI is InChI=1S/C16H18F3NO3S2/c17-16(18,19)11-3-1-10(2-4-11)12-9-13(12)15(23)20-6-8-25-24-7-5-14(21)22/h1-4,12-13H,5-9H2,(H,20,23)(H,21,22)/t12-,13+/m0/s1. The van der Waals surface area contributed by atoms with Gasteiger partial charge in [-0.05, 0) is 30.0 Å². The van der Waals surface area contributed by atoms with Crippen molar-refractivity contribution in [3.63, 3.8) is 0 Å². The molecule has 2 atom stereocenters. The number of carbonyl (C=O) groups is 2. The molecule has 0 bridgehead atoms. The summed E-state index contributed by atoms with van der Waals surface area (Å²) in [6.07, 6.45) is -3.59. The molecule has 1 amide bonds. The van der Waals surface area contributed by atoms with Crippen molar-refractivity contribution in [2.75, 3.05) is 18.1 Å². The van der Waals surface area contributed by atoms with Gasteiger partial charge in [0.05, 0.1) is 12.0 Å². The molecule has 1 saturated carbocycles. The average Bonchev–Trinajstić information content (AvgIpc) is 3.33. The third kappa shape index (κ3) is 6.47. The highest BCUT2D eigenvalue weighted by Gasteiger charge is 2.44. The maximum atomic E-state index is 12.5. The van der Waals surface area contributed by atoms with Gasteiger partial charge < -0.3 is 10.4 Å². The molecule has 2 N–H and O–H groups in total. The summed E-state index contributed by atoms with van der Waals surface area (Å²) >= 11 is 0. The first-order chi connectivity index (χ1) is 11.8. The quantitative estimate of drug-likeness (QED) is 0.494. The van der Waals surface area contributed by atoms with Gasteiger partial charge in [0.2, 0.25) is 5.91 Å². The lowest BCUT2D eigenvalue weighted by Crippen LogP contribution is -2.27. The molecule has 1 fully saturated rings. The minimum absolute atomic E-state index is 0.0140. The zero-order valence-electron chi connectivity index (χ0n) is 13.2. The molecule has 0 saturated heterocycles. The lowest BCUT2D eigenvalue weighted by Gasteiger charge is -2.08. The fourth-order valence-electron chi connectivity index (χ4n) is 2.37. The molecule has 1 aliphatic rings. The van der Waals surface area contributed by atoms with E-state index < -0.39 is 17.7 Å². The van der Waals surface area contributed by atoms with Crippen LogP contribution in [0, 0.1) is 5.92 Å². The van der Waals surface area contributed by atoms with Crippen molar-refractivity contribution in [2.24, 2.45) is 5.92 Å². The summed E-state index contributed by atoms with van der Waals surface area (Å²) in [5.41, 5.74) is 0.0714. The monoisotopic (exact) mass is 393 g/mol. The number of carboxylic acids is 1. The van der Waals surface area contributed by atoms with E-state index in [-0.39, 0.29) is 24.2 Å². The summed E-state index contributed by atoms with van der Waals surface area (Å²) < 4.78 is 37.6. The van der Waals surface area contributed by atoms with Gasteiger partial charge in [-0.25, -0.2) is 0 Å². The van der Waals surface area contributed by atoms with E-state index in [1.54, 1.807) is 0 Å². The Morgan fingerprint density at radius 2 is 1.80 bits per heavy atom. The molecular weight excluding hydrogens is 375 g/mol. The third-order valence-electron chi connectivity index (χ3n) is 3.76. The molecule has 0 unspecified atom stereocenters. The Balaban J connectivity index is 1.65. The summed E-state index contributed by atoms with van der Waals surface area (Å²) in [4.78, 5) is 22.3. The van der Waals surface area contributed by atoms with Crippen LogP contribution < -0.4 is 5.32 Å². The van der Waals surface area contributed by atoms with Crippen LogP contribution in [0.15, 0.2) is 24.3 Å². The van der Waals surface area contributed by atoms with Crippen LogP contribution in [0.1, 0.15) is 29.9 Å². The van der Waals surface area contributed by atoms with Crippen molar-refractivity contribution in [2.45, 2.75) is 24.9 Å². The molecule has 1 aromatic rings. The van der Waals surface area contributed by atoms with Crippen LogP contribution in [0.3, 0.4) is 0 Å². The first-order valence-electron chi connectivity index (χ1n) is 7.70. The summed E-state index contributed by atoms with van der Waals surface area (Å²) in [7, 11) is 2.95. The Morgan fingerprint density at radius 1 is 1.16 bits per heavy atom. The number of alkyl halides is 3. The van der Waals surface area contributed by atoms with Crippen LogP contribution in [0.5, 0.6) is 0 Å². The van der Waals surface area contributed by atoms with Gasteiger partial charge in [-0.2, -0.15) is 13.2 Å². The zero-order valence-corrected chi connectivity index (χ0v) is 14.8. The lowest BCUT2D eigenvalue weighted by atomic mass is 10.1. The van der Waals surface area contributed by atoms with Crippen molar-refractivity contribution in [1.29, 1.82) is 0 Å². The predicted molar refractivity (Wildman–Crippen MR) is 92.5 cm³/mol. The molecule has 138 valence electrons. The summed E-state index contributed by atoms with van der Waals surface area (Å²) in [6.45, 7) is 0.486. The number of aliphatic carboxylic acids is 1. The molecule has 2 rings (SSSR count). The van der Waals surface area contributed by atoms with E-state index in [4.69, 9.17) is 5.11 Å². The second kappa shape index (κ2) is 8.84. The fraction of sp³-hybridized carbons (Fsp3) is 0.500. The van der Waals surface area contributed by atoms with Gasteiger partial charge in [0.25, 0.3) is 0 Å². The predicted octanol–water partition coefficient (Wildman–Crippen LogP) is 3.78. The van der Waals surface area contributed by atoms with Gasteiger partial charge in [-0.1, -0.05) is 33.7 Å². The number of amides is 1. The van der Waals surface area contributed by atoms with Crippen LogP contribution in [-0.4, -0.2) is 35.0 Å². The van der Waals surface area contributed by atoms with Crippen molar-refractivity contribution < 1.29 is 27.9 Å². The highest BCUT2D eigenvalue weighted by molar-refractivity contribution is 8.76. The molecule has 0 aromatic heterocycles. The summed E-state index contributed by atoms with van der Waals surface area (Å²) in [6, 6.07) is 4.98. The van der Waals surface area contributed by atoms with E-state index in [1.165, 1.54) is 33.7 Å². The summed E-state index contributed by atoms with van der Waals surface area (Å²) in [5.74, 6) is 0.0898. The van der Waals surface area contributed by atoms with Crippen LogP contribution in [-0.2, 0) is 15.8 Å². The second-order valence-electron chi connectivity index (χ2n) is 5.65. The topological polar surface area (TPSA) is 66.4 Å². The lowest BCUT2D eigenvalue weighted by molar-refractivity contribution is -0.138. The van der Waals surface area contributed by atoms with Crippen molar-refractivity contribution in [3.05, 3.63) is 35.4 Å². The molecule has 9 heteroatoms.